The topological polar surface area (TPSA) is 97.1 Å². The molecule has 0 fully saturated rings. The molecule has 1 aromatic heterocycles. The van der Waals surface area contributed by atoms with E-state index < -0.39 is 0 Å². The van der Waals surface area contributed by atoms with Gasteiger partial charge in [-0.05, 0) is 60.4 Å². The SMILES string of the molecule is O=C(N[C@H](CCl)Cc1ccccc1)c1cccc(-c2nnc(-c3cccc(C(=O)N[C@H](CCl)Cc4ccccc4)c3)o2)c1. The van der Waals surface area contributed by atoms with Crippen LogP contribution in [-0.2, 0) is 12.8 Å². The summed E-state index contributed by atoms with van der Waals surface area (Å²) in [6.07, 6.45) is 1.25. The number of rotatable bonds is 12. The summed E-state index contributed by atoms with van der Waals surface area (Å²) >= 11 is 12.3. The van der Waals surface area contributed by atoms with Crippen molar-refractivity contribution in [2.75, 3.05) is 11.8 Å². The highest BCUT2D eigenvalue weighted by Gasteiger charge is 2.18. The highest BCUT2D eigenvalue weighted by Crippen LogP contribution is 2.25. The van der Waals surface area contributed by atoms with Crippen molar-refractivity contribution in [1.29, 1.82) is 0 Å². The fraction of sp³-hybridized carbons (Fsp3) is 0.176. The third-order valence-electron chi connectivity index (χ3n) is 6.86. The van der Waals surface area contributed by atoms with Crippen molar-refractivity contribution in [3.05, 3.63) is 131 Å². The van der Waals surface area contributed by atoms with Crippen molar-refractivity contribution in [2.24, 2.45) is 0 Å². The summed E-state index contributed by atoms with van der Waals surface area (Å²) in [7, 11) is 0. The van der Waals surface area contributed by atoms with Gasteiger partial charge >= 0.3 is 0 Å². The van der Waals surface area contributed by atoms with Crippen LogP contribution in [0.3, 0.4) is 0 Å². The fourth-order valence-corrected chi connectivity index (χ4v) is 5.04. The van der Waals surface area contributed by atoms with Gasteiger partial charge in [-0.3, -0.25) is 9.59 Å². The Kier molecular flexibility index (Phi) is 10.2. The summed E-state index contributed by atoms with van der Waals surface area (Å²) in [6.45, 7) is 0. The van der Waals surface area contributed by atoms with Crippen molar-refractivity contribution in [2.45, 2.75) is 24.9 Å². The van der Waals surface area contributed by atoms with E-state index in [2.05, 4.69) is 20.8 Å². The zero-order valence-electron chi connectivity index (χ0n) is 23.3. The number of aromatic nitrogens is 2. The molecule has 2 amide bonds. The molecule has 5 aromatic rings. The number of amides is 2. The van der Waals surface area contributed by atoms with E-state index in [1.54, 1.807) is 48.5 Å². The number of hydrogen-bond acceptors (Lipinski definition) is 5. The molecule has 0 aliphatic carbocycles. The average Bonchev–Trinajstić information content (AvgIpc) is 3.56. The first-order chi connectivity index (χ1) is 21.0. The molecular formula is C34H30Cl2N4O3. The predicted molar refractivity (Wildman–Crippen MR) is 169 cm³/mol. The van der Waals surface area contributed by atoms with Gasteiger partial charge in [0.1, 0.15) is 0 Å². The Labute approximate surface area is 260 Å². The van der Waals surface area contributed by atoms with E-state index in [4.69, 9.17) is 27.6 Å². The van der Waals surface area contributed by atoms with E-state index in [0.29, 0.717) is 35.1 Å². The lowest BCUT2D eigenvalue weighted by atomic mass is 10.1. The number of halogens is 2. The molecule has 0 spiro atoms. The number of hydrogen-bond donors (Lipinski definition) is 2. The maximum Gasteiger partial charge on any atom is 0.251 e. The molecule has 5 rings (SSSR count). The molecule has 1 heterocycles. The minimum Gasteiger partial charge on any atom is -0.416 e. The van der Waals surface area contributed by atoms with Gasteiger partial charge in [0.2, 0.25) is 11.8 Å². The van der Waals surface area contributed by atoms with Crippen LogP contribution in [0.1, 0.15) is 31.8 Å². The van der Waals surface area contributed by atoms with Gasteiger partial charge in [0.25, 0.3) is 11.8 Å². The van der Waals surface area contributed by atoms with Gasteiger partial charge in [-0.25, -0.2) is 0 Å². The maximum absolute atomic E-state index is 13.0. The van der Waals surface area contributed by atoms with Crippen LogP contribution in [0.25, 0.3) is 22.9 Å². The second-order valence-corrected chi connectivity index (χ2v) is 10.7. The van der Waals surface area contributed by atoms with E-state index in [-0.39, 0.29) is 47.4 Å². The Morgan fingerprint density at radius 2 is 1.02 bits per heavy atom. The van der Waals surface area contributed by atoms with Gasteiger partial charge in [0.05, 0.1) is 0 Å². The highest BCUT2D eigenvalue weighted by atomic mass is 35.5. The number of nitrogens with zero attached hydrogens (tertiary/aromatic N) is 2. The first kappa shape index (κ1) is 30.0. The van der Waals surface area contributed by atoms with Gasteiger partial charge < -0.3 is 15.1 Å². The Balaban J connectivity index is 1.26. The lowest BCUT2D eigenvalue weighted by molar-refractivity contribution is 0.0932. The molecule has 0 aliphatic rings. The molecule has 2 atom stereocenters. The molecule has 43 heavy (non-hydrogen) atoms. The Hall–Kier alpha value is -4.46. The van der Waals surface area contributed by atoms with Crippen LogP contribution in [-0.4, -0.2) is 45.9 Å². The molecule has 0 saturated heterocycles. The van der Waals surface area contributed by atoms with Crippen LogP contribution in [0.4, 0.5) is 0 Å². The van der Waals surface area contributed by atoms with Gasteiger partial charge in [-0.2, -0.15) is 0 Å². The molecule has 0 unspecified atom stereocenters. The zero-order chi connectivity index (χ0) is 30.0. The average molecular weight is 614 g/mol. The smallest absolute Gasteiger partial charge is 0.251 e. The normalized spacial score (nSPS) is 12.3. The number of benzene rings is 4. The van der Waals surface area contributed by atoms with E-state index in [1.165, 1.54) is 0 Å². The lowest BCUT2D eigenvalue weighted by Gasteiger charge is -2.16. The second-order valence-electron chi connectivity index (χ2n) is 10.1. The summed E-state index contributed by atoms with van der Waals surface area (Å²) in [5, 5.41) is 14.4. The van der Waals surface area contributed by atoms with Crippen LogP contribution in [0, 0.1) is 0 Å². The van der Waals surface area contributed by atoms with Gasteiger partial charge in [0.15, 0.2) is 0 Å². The number of carbonyl (C=O) groups is 2. The third kappa shape index (κ3) is 8.09. The first-order valence-electron chi connectivity index (χ1n) is 13.9. The number of nitrogens with one attached hydrogen (secondary N) is 2. The summed E-state index contributed by atoms with van der Waals surface area (Å²) < 4.78 is 5.96. The molecule has 4 aromatic carbocycles. The second kappa shape index (κ2) is 14.6. The maximum atomic E-state index is 13.0. The summed E-state index contributed by atoms with van der Waals surface area (Å²) in [6, 6.07) is 33.2. The van der Waals surface area contributed by atoms with Crippen LogP contribution in [0.15, 0.2) is 114 Å². The summed E-state index contributed by atoms with van der Waals surface area (Å²) in [4.78, 5) is 26.1. The molecule has 0 aliphatic heterocycles. The summed E-state index contributed by atoms with van der Waals surface area (Å²) in [5.74, 6) is 0.577. The molecular weight excluding hydrogens is 583 g/mol. The van der Waals surface area contributed by atoms with Crippen molar-refractivity contribution in [1.82, 2.24) is 20.8 Å². The van der Waals surface area contributed by atoms with Gasteiger partial charge in [-0.1, -0.05) is 72.8 Å². The molecule has 0 saturated carbocycles. The van der Waals surface area contributed by atoms with Crippen molar-refractivity contribution >= 4 is 35.0 Å². The van der Waals surface area contributed by atoms with Crippen LogP contribution in [0.2, 0.25) is 0 Å². The minimum absolute atomic E-state index is 0.224. The van der Waals surface area contributed by atoms with Crippen LogP contribution in [0.5, 0.6) is 0 Å². The Bertz CT molecular complexity index is 1540. The molecule has 9 heteroatoms. The van der Waals surface area contributed by atoms with Crippen molar-refractivity contribution in [3.8, 4) is 22.9 Å². The largest absolute Gasteiger partial charge is 0.416 e. The molecule has 2 N–H and O–H groups in total. The fourth-order valence-electron chi connectivity index (χ4n) is 4.67. The van der Waals surface area contributed by atoms with Crippen molar-refractivity contribution < 1.29 is 14.0 Å². The van der Waals surface area contributed by atoms with Gasteiger partial charge in [-0.15, -0.1) is 33.4 Å². The Morgan fingerprint density at radius 3 is 1.42 bits per heavy atom. The predicted octanol–water partition coefficient (Wildman–Crippen LogP) is 6.56. The molecule has 7 nitrogen and oxygen atoms in total. The lowest BCUT2D eigenvalue weighted by Crippen LogP contribution is -2.37. The van der Waals surface area contributed by atoms with Crippen molar-refractivity contribution in [3.63, 3.8) is 0 Å². The third-order valence-corrected chi connectivity index (χ3v) is 7.61. The standard InChI is InChI=1S/C34H30Cl2N4O3/c35-21-29(17-23-9-3-1-4-10-23)37-31(41)25-13-7-15-27(19-25)33-39-40-34(43-33)28-16-8-14-26(20-28)32(42)38-30(22-36)18-24-11-5-2-6-12-24/h1-16,19-20,29-30H,17-18,21-22H2,(H,37,41)(H,38,42)/t29-,30-/m0/s1. The minimum atomic E-state index is -0.246. The molecule has 0 bridgehead atoms. The highest BCUT2D eigenvalue weighted by molar-refractivity contribution is 6.18. The first-order valence-corrected chi connectivity index (χ1v) is 14.9. The van der Waals surface area contributed by atoms with Crippen LogP contribution >= 0.6 is 23.2 Å². The van der Waals surface area contributed by atoms with E-state index in [0.717, 1.165) is 11.1 Å². The van der Waals surface area contributed by atoms with Gasteiger partial charge in [0, 0.05) is 46.1 Å². The molecule has 0 radical (unpaired) electrons. The van der Waals surface area contributed by atoms with E-state index in [9.17, 15) is 9.59 Å². The number of alkyl halides is 2. The Morgan fingerprint density at radius 1 is 0.605 bits per heavy atom. The van der Waals surface area contributed by atoms with Crippen LogP contribution < -0.4 is 10.6 Å². The van der Waals surface area contributed by atoms with E-state index >= 15 is 0 Å². The van der Waals surface area contributed by atoms with E-state index in [1.807, 2.05) is 60.7 Å². The number of carbonyl (C=O) groups excluding carboxylic acids is 2. The quantitative estimate of drug-likeness (QED) is 0.155. The summed E-state index contributed by atoms with van der Waals surface area (Å²) in [5.41, 5.74) is 4.27. The zero-order valence-corrected chi connectivity index (χ0v) is 24.8. The monoisotopic (exact) mass is 612 g/mol. The molecule has 218 valence electrons.